The summed E-state index contributed by atoms with van der Waals surface area (Å²) in [4.78, 5) is 37.0. The Morgan fingerprint density at radius 1 is 0.708 bits per heavy atom. The highest BCUT2D eigenvalue weighted by molar-refractivity contribution is 9.28. The van der Waals surface area contributed by atoms with Gasteiger partial charge in [0.1, 0.15) is 18.3 Å². The molecular formula is C58H88Br2O10Si2. The average molecular weight is 1160 g/mol. The normalized spacial score (nSPS) is 20.5. The summed E-state index contributed by atoms with van der Waals surface area (Å²) in [7, 11) is -2.55. The molecule has 0 amide bonds. The van der Waals surface area contributed by atoms with E-state index in [4.69, 9.17) is 28.4 Å². The predicted octanol–water partition coefficient (Wildman–Crippen LogP) is 14.7. The summed E-state index contributed by atoms with van der Waals surface area (Å²) >= 11 is 6.59. The summed E-state index contributed by atoms with van der Waals surface area (Å²) in [5.41, 5.74) is 6.80. The molecule has 2 aromatic rings. The van der Waals surface area contributed by atoms with E-state index in [-0.39, 0.29) is 30.1 Å². The van der Waals surface area contributed by atoms with Crippen LogP contribution in [0.4, 0.5) is 0 Å². The summed E-state index contributed by atoms with van der Waals surface area (Å²) in [6.45, 7) is 38.1. The molecule has 2 aliphatic rings. The molecule has 2 aliphatic heterocycles. The van der Waals surface area contributed by atoms with E-state index in [2.05, 4.69) is 110 Å². The topological polar surface area (TPSA) is 127 Å². The molecule has 0 saturated carbocycles. The predicted molar refractivity (Wildman–Crippen MR) is 308 cm³/mol. The number of allylic oxidation sites excluding steroid dienone is 1. The number of esters is 2. The fourth-order valence-corrected chi connectivity index (χ4v) is 10.1. The average Bonchev–Trinajstić information content (AvgIpc) is 3.73. The summed E-state index contributed by atoms with van der Waals surface area (Å²) in [5.74, 6) is 4.78. The molecule has 10 nitrogen and oxygen atoms in total. The minimum atomic E-state index is -1.29. The Hall–Kier alpha value is -2.98. The van der Waals surface area contributed by atoms with Crippen molar-refractivity contribution in [2.45, 2.75) is 202 Å². The first-order valence-electron chi connectivity index (χ1n) is 25.6. The van der Waals surface area contributed by atoms with Crippen LogP contribution in [-0.2, 0) is 33.2 Å². The zero-order chi connectivity index (χ0) is 54.8. The smallest absolute Gasteiger partial charge is 0.338 e. The zero-order valence-electron chi connectivity index (χ0n) is 46.8. The van der Waals surface area contributed by atoms with Gasteiger partial charge in [0, 0.05) is 22.1 Å². The Kier molecular flexibility index (Phi) is 27.1. The fourth-order valence-electron chi connectivity index (χ4n) is 7.74. The Morgan fingerprint density at radius 2 is 1.15 bits per heavy atom. The first-order chi connectivity index (χ1) is 33.3. The van der Waals surface area contributed by atoms with Gasteiger partial charge >= 0.3 is 11.9 Å². The quantitative estimate of drug-likeness (QED) is 0.0629. The number of carbonyl (C=O) groups is 3. The summed E-state index contributed by atoms with van der Waals surface area (Å²) in [6.07, 6.45) is 11.1. The molecule has 2 fully saturated rings. The number of aliphatic hydroxyl groups is 1. The summed E-state index contributed by atoms with van der Waals surface area (Å²) < 4.78 is 35.7. The van der Waals surface area contributed by atoms with Gasteiger partial charge in [0.2, 0.25) is 0 Å². The zero-order valence-corrected chi connectivity index (χ0v) is 52.0. The van der Waals surface area contributed by atoms with Crippen LogP contribution >= 0.6 is 31.9 Å². The lowest BCUT2D eigenvalue weighted by Gasteiger charge is -2.18. The van der Waals surface area contributed by atoms with Gasteiger partial charge in [-0.25, -0.2) is 9.59 Å². The van der Waals surface area contributed by atoms with Crippen LogP contribution in [0.1, 0.15) is 135 Å². The van der Waals surface area contributed by atoms with Gasteiger partial charge in [0.05, 0.1) is 39.9 Å². The SMILES string of the molecule is CC[C@H](C)C#CC(O)C1OC(C)(C)O[C@H]1C/C=C/c1cc(C)cc(C)c1C(=O)OCC[Si](C)(C)C.CC[C@H](C)C=C(Br)Br.Cc1cc(C)c(C(=O)OCC[Si](C)(C)C)c(/C=C/C[C@@H]2OC(C)(C)OC2C=O)c1. The second-order valence-electron chi connectivity index (χ2n) is 22.6. The standard InChI is InChI=1S/C29H44O5Si.C23H34O5Si.C6H10Br2/c1-10-20(2)14-15-24(30)27-25(33-29(5,6)34-27)13-11-12-23-19-21(3)18-22(4)26(23)28(31)32-16-17-35(7,8)9;1-16-13-17(2)21(22(25)26-11-12-29(5,6)7)18(14-16)9-8-10-19-20(15-24)28-23(3,4)27-19;1-3-5(2)4-6(7)8/h11-12,18-20,24-25,27,30H,10,13,16-17H2,1-9H3;8-9,13-15,19-20H,10-12H2,1-7H3;4-5H,3H2,1-2H3/b12-11+;9-8+;/t20-,24?,25-,27?;19-,20?;5-/m000/s1. The van der Waals surface area contributed by atoms with Crippen molar-refractivity contribution in [1.82, 2.24) is 0 Å². The molecule has 4 rings (SSSR count). The number of benzene rings is 2. The van der Waals surface area contributed by atoms with Crippen molar-refractivity contribution in [3.63, 3.8) is 0 Å². The molecule has 0 aliphatic carbocycles. The number of rotatable bonds is 19. The number of carbonyl (C=O) groups excluding carboxylic acids is 3. The molecule has 72 heavy (non-hydrogen) atoms. The number of hydrogen-bond acceptors (Lipinski definition) is 10. The van der Waals surface area contributed by atoms with Gasteiger partial charge in [-0.05, 0) is 147 Å². The highest BCUT2D eigenvalue weighted by Crippen LogP contribution is 2.33. The van der Waals surface area contributed by atoms with Crippen LogP contribution < -0.4 is 0 Å². The Balaban J connectivity index is 0.000000433. The number of aldehydes is 1. The van der Waals surface area contributed by atoms with Crippen LogP contribution in [0.2, 0.25) is 51.4 Å². The molecular weight excluding hydrogens is 1070 g/mol. The van der Waals surface area contributed by atoms with Gasteiger partial charge in [-0.1, -0.05) is 151 Å². The lowest BCUT2D eigenvalue weighted by Crippen LogP contribution is -2.34. The van der Waals surface area contributed by atoms with Gasteiger partial charge in [-0.3, -0.25) is 0 Å². The van der Waals surface area contributed by atoms with Crippen LogP contribution in [0.3, 0.4) is 0 Å². The molecule has 7 atom stereocenters. The maximum Gasteiger partial charge on any atom is 0.338 e. The molecule has 2 aromatic carbocycles. The lowest BCUT2D eigenvalue weighted by atomic mass is 9.97. The molecule has 402 valence electrons. The maximum absolute atomic E-state index is 12.9. The number of halogens is 2. The summed E-state index contributed by atoms with van der Waals surface area (Å²) in [5, 5.41) is 10.7. The van der Waals surface area contributed by atoms with Crippen molar-refractivity contribution in [3.05, 3.63) is 90.4 Å². The van der Waals surface area contributed by atoms with Gasteiger partial charge < -0.3 is 38.3 Å². The molecule has 3 unspecified atom stereocenters. The van der Waals surface area contributed by atoms with Crippen molar-refractivity contribution < 1.29 is 47.9 Å². The second kappa shape index (κ2) is 29.9. The minimum absolute atomic E-state index is 0.215. The van der Waals surface area contributed by atoms with Crippen LogP contribution in [-0.4, -0.2) is 94.8 Å². The molecule has 2 saturated heterocycles. The fraction of sp³-hybridized carbons (Fsp3) is 0.603. The van der Waals surface area contributed by atoms with E-state index in [9.17, 15) is 19.5 Å². The maximum atomic E-state index is 12.9. The largest absolute Gasteiger partial charge is 0.462 e. The molecule has 0 spiro atoms. The third-order valence-electron chi connectivity index (χ3n) is 12.0. The number of ether oxygens (including phenoxy) is 6. The van der Waals surface area contributed by atoms with Gasteiger partial charge in [-0.2, -0.15) is 0 Å². The third-order valence-corrected chi connectivity index (χ3v) is 15.9. The minimum Gasteiger partial charge on any atom is -0.462 e. The first kappa shape index (κ1) is 65.1. The van der Waals surface area contributed by atoms with E-state index in [0.29, 0.717) is 43.1 Å². The number of aliphatic hydroxyl groups excluding tert-OH is 1. The molecule has 0 radical (unpaired) electrons. The van der Waals surface area contributed by atoms with Gasteiger partial charge in [0.25, 0.3) is 0 Å². The van der Waals surface area contributed by atoms with Gasteiger partial charge in [0.15, 0.2) is 17.9 Å². The van der Waals surface area contributed by atoms with Gasteiger partial charge in [-0.15, -0.1) is 0 Å². The molecule has 0 aromatic heterocycles. The van der Waals surface area contributed by atoms with Crippen LogP contribution in [0.15, 0.2) is 45.9 Å². The highest BCUT2D eigenvalue weighted by Gasteiger charge is 2.44. The van der Waals surface area contributed by atoms with Crippen molar-refractivity contribution in [1.29, 1.82) is 0 Å². The third kappa shape index (κ3) is 24.1. The molecule has 2 heterocycles. The van der Waals surface area contributed by atoms with E-state index in [0.717, 1.165) is 61.6 Å². The molecule has 14 heteroatoms. The molecule has 1 N–H and O–H groups in total. The number of aryl methyl sites for hydroxylation is 4. The van der Waals surface area contributed by atoms with Crippen LogP contribution in [0, 0.1) is 51.4 Å². The highest BCUT2D eigenvalue weighted by atomic mass is 79.9. The van der Waals surface area contributed by atoms with Crippen LogP contribution in [0.25, 0.3) is 12.2 Å². The summed E-state index contributed by atoms with van der Waals surface area (Å²) in [6, 6.07) is 9.85. The van der Waals surface area contributed by atoms with E-state index >= 15 is 0 Å². The van der Waals surface area contributed by atoms with E-state index in [1.54, 1.807) is 13.8 Å². The van der Waals surface area contributed by atoms with Crippen molar-refractivity contribution >= 4 is 78.4 Å². The Morgan fingerprint density at radius 3 is 1.56 bits per heavy atom. The Bertz CT molecular complexity index is 2240. The van der Waals surface area contributed by atoms with Crippen molar-refractivity contribution in [3.8, 4) is 11.8 Å². The Labute approximate surface area is 453 Å². The number of hydrogen-bond donors (Lipinski definition) is 1. The lowest BCUT2D eigenvalue weighted by molar-refractivity contribution is -0.151. The first-order valence-corrected chi connectivity index (χ1v) is 34.6. The van der Waals surface area contributed by atoms with E-state index in [1.165, 1.54) is 6.42 Å². The monoisotopic (exact) mass is 1160 g/mol. The van der Waals surface area contributed by atoms with Crippen molar-refractivity contribution in [2.75, 3.05) is 13.2 Å². The van der Waals surface area contributed by atoms with E-state index in [1.807, 2.05) is 97.0 Å². The van der Waals surface area contributed by atoms with E-state index < -0.39 is 46.0 Å². The molecule has 0 bridgehead atoms. The van der Waals surface area contributed by atoms with Crippen LogP contribution in [0.5, 0.6) is 0 Å². The van der Waals surface area contributed by atoms with Crippen molar-refractivity contribution in [2.24, 2.45) is 11.8 Å². The second-order valence-corrected chi connectivity index (χ2v) is 36.6.